The van der Waals surface area contributed by atoms with E-state index in [2.05, 4.69) is 31.3 Å². The lowest BCUT2D eigenvalue weighted by Crippen LogP contribution is -2.40. The number of carbonyl (C=O) groups excluding carboxylic acids is 1. The molecule has 0 bridgehead atoms. The van der Waals surface area contributed by atoms with E-state index in [4.69, 9.17) is 4.74 Å². The third kappa shape index (κ3) is 3.52. The van der Waals surface area contributed by atoms with Crippen LogP contribution in [0.2, 0.25) is 0 Å². The first-order valence-corrected chi connectivity index (χ1v) is 10.9. The smallest absolute Gasteiger partial charge is 0.311 e. The Morgan fingerprint density at radius 1 is 1.31 bits per heavy atom. The summed E-state index contributed by atoms with van der Waals surface area (Å²) in [6.45, 7) is 6.51. The number of nitrogens with one attached hydrogen (secondary N) is 1. The summed E-state index contributed by atoms with van der Waals surface area (Å²) in [5, 5.41) is 3.56. The molecule has 1 aliphatic heterocycles. The van der Waals surface area contributed by atoms with Gasteiger partial charge in [0, 0.05) is 12.5 Å². The first-order valence-electron chi connectivity index (χ1n) is 10.9. The van der Waals surface area contributed by atoms with Crippen LogP contribution in [-0.4, -0.2) is 25.2 Å². The Morgan fingerprint density at radius 3 is 3.00 bits per heavy atom. The molecule has 0 aromatic carbocycles. The van der Waals surface area contributed by atoms with Crippen molar-refractivity contribution in [3.05, 3.63) is 23.3 Å². The van der Waals surface area contributed by atoms with Crippen molar-refractivity contribution in [1.29, 1.82) is 0 Å². The van der Waals surface area contributed by atoms with Crippen LogP contribution in [0.3, 0.4) is 0 Å². The van der Waals surface area contributed by atoms with E-state index in [9.17, 15) is 4.79 Å². The number of ether oxygens (including phenoxy) is 1. The minimum absolute atomic E-state index is 0.00603. The van der Waals surface area contributed by atoms with Crippen molar-refractivity contribution in [2.24, 2.45) is 23.2 Å². The second-order valence-electron chi connectivity index (χ2n) is 9.40. The van der Waals surface area contributed by atoms with Gasteiger partial charge in [-0.25, -0.2) is 0 Å². The van der Waals surface area contributed by atoms with Crippen LogP contribution in [0.1, 0.15) is 71.6 Å². The van der Waals surface area contributed by atoms with Crippen LogP contribution in [0.25, 0.3) is 0 Å². The SMILES string of the molecule is CC1CCCC2(C)CC3OC(=O)C(CNCCC4=CCCCC4)C3C=C12. The highest BCUT2D eigenvalue weighted by atomic mass is 16.6. The van der Waals surface area contributed by atoms with Gasteiger partial charge in [-0.1, -0.05) is 43.6 Å². The van der Waals surface area contributed by atoms with Crippen molar-refractivity contribution in [3.63, 3.8) is 0 Å². The third-order valence-corrected chi connectivity index (χ3v) is 7.45. The minimum Gasteiger partial charge on any atom is -0.461 e. The first kappa shape index (κ1) is 18.3. The first-order chi connectivity index (χ1) is 12.6. The maximum atomic E-state index is 12.5. The molecule has 1 heterocycles. The summed E-state index contributed by atoms with van der Waals surface area (Å²) in [4.78, 5) is 12.5. The minimum atomic E-state index is 0.00603. The quantitative estimate of drug-likeness (QED) is 0.437. The molecule has 0 radical (unpaired) electrons. The van der Waals surface area contributed by atoms with Crippen LogP contribution >= 0.6 is 0 Å². The van der Waals surface area contributed by atoms with Gasteiger partial charge >= 0.3 is 5.97 Å². The van der Waals surface area contributed by atoms with E-state index in [1.807, 2.05) is 0 Å². The molecule has 1 N–H and O–H groups in total. The van der Waals surface area contributed by atoms with E-state index in [0.717, 1.165) is 25.9 Å². The van der Waals surface area contributed by atoms with E-state index in [1.54, 1.807) is 11.1 Å². The Hall–Kier alpha value is -1.09. The molecule has 0 spiro atoms. The van der Waals surface area contributed by atoms with Crippen molar-refractivity contribution in [2.75, 3.05) is 13.1 Å². The Balaban J connectivity index is 1.38. The number of esters is 1. The summed E-state index contributed by atoms with van der Waals surface area (Å²) in [6, 6.07) is 0. The maximum Gasteiger partial charge on any atom is 0.311 e. The van der Waals surface area contributed by atoms with E-state index < -0.39 is 0 Å². The molecule has 1 saturated carbocycles. The van der Waals surface area contributed by atoms with Gasteiger partial charge < -0.3 is 10.1 Å². The van der Waals surface area contributed by atoms with Gasteiger partial charge in [0.05, 0.1) is 5.92 Å². The van der Waals surface area contributed by atoms with Crippen molar-refractivity contribution >= 4 is 5.97 Å². The van der Waals surface area contributed by atoms with Crippen molar-refractivity contribution in [1.82, 2.24) is 5.32 Å². The predicted molar refractivity (Wildman–Crippen MR) is 105 cm³/mol. The largest absolute Gasteiger partial charge is 0.461 e. The van der Waals surface area contributed by atoms with Crippen LogP contribution in [0, 0.1) is 23.2 Å². The maximum absolute atomic E-state index is 12.5. The summed E-state index contributed by atoms with van der Waals surface area (Å²) in [5.41, 5.74) is 3.47. The van der Waals surface area contributed by atoms with Gasteiger partial charge in [-0.05, 0) is 69.2 Å². The fourth-order valence-corrected chi connectivity index (χ4v) is 5.92. The highest BCUT2D eigenvalue weighted by Gasteiger charge is 2.51. The van der Waals surface area contributed by atoms with E-state index >= 15 is 0 Å². The lowest BCUT2D eigenvalue weighted by Gasteiger charge is -2.46. The van der Waals surface area contributed by atoms with Crippen LogP contribution in [-0.2, 0) is 9.53 Å². The molecule has 1 saturated heterocycles. The average Bonchev–Trinajstić information content (AvgIpc) is 2.92. The number of hydrogen-bond acceptors (Lipinski definition) is 3. The van der Waals surface area contributed by atoms with Gasteiger partial charge in [0.15, 0.2) is 0 Å². The van der Waals surface area contributed by atoms with Crippen LogP contribution < -0.4 is 5.32 Å². The zero-order valence-corrected chi connectivity index (χ0v) is 16.6. The molecule has 4 aliphatic rings. The topological polar surface area (TPSA) is 38.3 Å². The third-order valence-electron chi connectivity index (χ3n) is 7.45. The summed E-state index contributed by atoms with van der Waals surface area (Å²) >= 11 is 0. The Labute approximate surface area is 158 Å². The molecule has 0 amide bonds. The van der Waals surface area contributed by atoms with Gasteiger partial charge in [-0.3, -0.25) is 4.79 Å². The monoisotopic (exact) mass is 357 g/mol. The predicted octanol–water partition coefficient (Wildman–Crippen LogP) is 4.78. The second-order valence-corrected chi connectivity index (χ2v) is 9.40. The van der Waals surface area contributed by atoms with Crippen molar-refractivity contribution in [2.45, 2.75) is 77.7 Å². The Bertz CT molecular complexity index is 607. The molecule has 0 aromatic rings. The summed E-state index contributed by atoms with van der Waals surface area (Å²) < 4.78 is 5.84. The van der Waals surface area contributed by atoms with Crippen molar-refractivity contribution < 1.29 is 9.53 Å². The second kappa shape index (κ2) is 7.50. The van der Waals surface area contributed by atoms with E-state index in [0.29, 0.717) is 5.92 Å². The molecule has 3 nitrogen and oxygen atoms in total. The van der Waals surface area contributed by atoms with Gasteiger partial charge in [0.25, 0.3) is 0 Å². The summed E-state index contributed by atoms with van der Waals surface area (Å²) in [6.07, 6.45) is 16.2. The van der Waals surface area contributed by atoms with Gasteiger partial charge in [0.2, 0.25) is 0 Å². The molecular formula is C23H35NO2. The standard InChI is InChI=1S/C23H35NO2/c1-16-7-6-11-23(2)14-21-18(13-20(16)23)19(22(25)26-21)15-24-12-10-17-8-4-3-5-9-17/h8,13,16,18-19,21,24H,3-7,9-12,14-15H2,1-2H3. The summed E-state index contributed by atoms with van der Waals surface area (Å²) in [7, 11) is 0. The molecule has 4 rings (SSSR count). The van der Waals surface area contributed by atoms with Gasteiger partial charge in [0.1, 0.15) is 6.10 Å². The molecule has 3 heteroatoms. The lowest BCUT2D eigenvalue weighted by atomic mass is 9.59. The van der Waals surface area contributed by atoms with Crippen LogP contribution in [0.4, 0.5) is 0 Å². The number of rotatable bonds is 5. The molecule has 5 unspecified atom stereocenters. The Morgan fingerprint density at radius 2 is 2.19 bits per heavy atom. The Kier molecular flexibility index (Phi) is 5.27. The highest BCUT2D eigenvalue weighted by molar-refractivity contribution is 5.76. The number of fused-ring (bicyclic) bond motifs is 2. The van der Waals surface area contributed by atoms with Crippen molar-refractivity contribution in [3.8, 4) is 0 Å². The van der Waals surface area contributed by atoms with Crippen LogP contribution in [0.15, 0.2) is 23.3 Å². The lowest BCUT2D eigenvalue weighted by molar-refractivity contribution is -0.145. The van der Waals surface area contributed by atoms with E-state index in [1.165, 1.54) is 44.9 Å². The molecular weight excluding hydrogens is 322 g/mol. The highest BCUT2D eigenvalue weighted by Crippen LogP contribution is 2.53. The van der Waals surface area contributed by atoms with E-state index in [-0.39, 0.29) is 29.3 Å². The average molecular weight is 358 g/mol. The molecule has 5 atom stereocenters. The zero-order chi connectivity index (χ0) is 18.1. The zero-order valence-electron chi connectivity index (χ0n) is 16.6. The molecule has 144 valence electrons. The fraction of sp³-hybridized carbons (Fsp3) is 0.783. The molecule has 3 aliphatic carbocycles. The van der Waals surface area contributed by atoms with Crippen LogP contribution in [0.5, 0.6) is 0 Å². The normalized spacial score (nSPS) is 39.5. The van der Waals surface area contributed by atoms with Gasteiger partial charge in [-0.2, -0.15) is 0 Å². The molecule has 26 heavy (non-hydrogen) atoms. The fourth-order valence-electron chi connectivity index (χ4n) is 5.92. The number of hydrogen-bond donors (Lipinski definition) is 1. The number of carbonyl (C=O) groups is 1. The number of allylic oxidation sites excluding steroid dienone is 2. The molecule has 2 fully saturated rings. The molecule has 0 aromatic heterocycles. The summed E-state index contributed by atoms with van der Waals surface area (Å²) in [5.74, 6) is 0.979. The van der Waals surface area contributed by atoms with Gasteiger partial charge in [-0.15, -0.1) is 0 Å².